The van der Waals surface area contributed by atoms with Crippen molar-refractivity contribution >= 4 is 17.6 Å². The molecule has 0 unspecified atom stereocenters. The number of rotatable bonds is 4. The van der Waals surface area contributed by atoms with E-state index in [1.807, 2.05) is 42.7 Å². The molecule has 2 aromatic carbocycles. The summed E-state index contributed by atoms with van der Waals surface area (Å²) in [6.07, 6.45) is 1.77. The van der Waals surface area contributed by atoms with E-state index >= 15 is 0 Å². The summed E-state index contributed by atoms with van der Waals surface area (Å²) in [5, 5.41) is 2.82. The smallest absolute Gasteiger partial charge is 0.337 e. The molecule has 0 aliphatic rings. The van der Waals surface area contributed by atoms with Crippen LogP contribution in [0.3, 0.4) is 0 Å². The second-order valence-corrected chi connectivity index (χ2v) is 5.86. The average Bonchev–Trinajstić information content (AvgIpc) is 3.00. The third-order valence-corrected chi connectivity index (χ3v) is 4.20. The van der Waals surface area contributed by atoms with Crippen LogP contribution in [0.4, 0.5) is 5.69 Å². The zero-order valence-corrected chi connectivity index (χ0v) is 14.8. The van der Waals surface area contributed by atoms with Crippen molar-refractivity contribution < 1.29 is 14.3 Å². The van der Waals surface area contributed by atoms with Crippen LogP contribution in [0.25, 0.3) is 5.69 Å². The molecular formula is C20H19N3O3. The van der Waals surface area contributed by atoms with Crippen LogP contribution in [0.2, 0.25) is 0 Å². The zero-order chi connectivity index (χ0) is 18.7. The SMILES string of the molecule is COC(=O)c1cccc(C(=O)Nc2ccc(-n3cnc(C)c3C)cc2)c1. The first kappa shape index (κ1) is 17.4. The summed E-state index contributed by atoms with van der Waals surface area (Å²) in [6, 6.07) is 13.9. The van der Waals surface area contributed by atoms with Crippen molar-refractivity contribution in [3.63, 3.8) is 0 Å². The highest BCUT2D eigenvalue weighted by Gasteiger charge is 2.11. The van der Waals surface area contributed by atoms with Gasteiger partial charge in [0.2, 0.25) is 0 Å². The van der Waals surface area contributed by atoms with Gasteiger partial charge in [-0.1, -0.05) is 6.07 Å². The van der Waals surface area contributed by atoms with Gasteiger partial charge in [0.25, 0.3) is 5.91 Å². The highest BCUT2D eigenvalue weighted by atomic mass is 16.5. The van der Waals surface area contributed by atoms with E-state index in [1.54, 1.807) is 24.5 Å². The van der Waals surface area contributed by atoms with E-state index in [9.17, 15) is 9.59 Å². The molecule has 0 saturated carbocycles. The standard InChI is InChI=1S/C20H19N3O3/c1-13-14(2)23(12-21-13)18-9-7-17(8-10-18)22-19(24)15-5-4-6-16(11-15)20(25)26-3/h4-12H,1-3H3,(H,22,24). The molecule has 0 aliphatic heterocycles. The lowest BCUT2D eigenvalue weighted by Gasteiger charge is -2.09. The number of hydrogen-bond donors (Lipinski definition) is 1. The minimum Gasteiger partial charge on any atom is -0.465 e. The summed E-state index contributed by atoms with van der Waals surface area (Å²) in [4.78, 5) is 28.3. The van der Waals surface area contributed by atoms with Crippen LogP contribution in [0.1, 0.15) is 32.1 Å². The molecule has 0 saturated heterocycles. The molecule has 0 bridgehead atoms. The molecule has 1 heterocycles. The lowest BCUT2D eigenvalue weighted by atomic mass is 10.1. The van der Waals surface area contributed by atoms with E-state index in [2.05, 4.69) is 15.0 Å². The number of methoxy groups -OCH3 is 1. The highest BCUT2D eigenvalue weighted by Crippen LogP contribution is 2.17. The van der Waals surface area contributed by atoms with Gasteiger partial charge < -0.3 is 14.6 Å². The number of benzene rings is 2. The number of nitrogens with zero attached hydrogens (tertiary/aromatic N) is 2. The van der Waals surface area contributed by atoms with Gasteiger partial charge in [-0.05, 0) is 56.3 Å². The van der Waals surface area contributed by atoms with Crippen LogP contribution in [0.5, 0.6) is 0 Å². The minimum atomic E-state index is -0.477. The molecule has 6 heteroatoms. The maximum absolute atomic E-state index is 12.4. The Balaban J connectivity index is 1.76. The summed E-state index contributed by atoms with van der Waals surface area (Å²) in [5.74, 6) is -0.770. The Morgan fingerprint density at radius 1 is 1.04 bits per heavy atom. The predicted molar refractivity (Wildman–Crippen MR) is 98.8 cm³/mol. The topological polar surface area (TPSA) is 73.2 Å². The van der Waals surface area contributed by atoms with Crippen LogP contribution in [0, 0.1) is 13.8 Å². The van der Waals surface area contributed by atoms with Crippen molar-refractivity contribution in [3.8, 4) is 5.69 Å². The van der Waals surface area contributed by atoms with Crippen molar-refractivity contribution in [2.24, 2.45) is 0 Å². The third kappa shape index (κ3) is 3.49. The van der Waals surface area contributed by atoms with Crippen molar-refractivity contribution in [1.82, 2.24) is 9.55 Å². The summed E-state index contributed by atoms with van der Waals surface area (Å²) in [6.45, 7) is 3.97. The maximum atomic E-state index is 12.4. The number of amides is 1. The molecular weight excluding hydrogens is 330 g/mol. The number of ether oxygens (including phenoxy) is 1. The van der Waals surface area contributed by atoms with E-state index < -0.39 is 5.97 Å². The van der Waals surface area contributed by atoms with Gasteiger partial charge >= 0.3 is 5.97 Å². The molecule has 26 heavy (non-hydrogen) atoms. The highest BCUT2D eigenvalue weighted by molar-refractivity contribution is 6.05. The van der Waals surface area contributed by atoms with Gasteiger partial charge in [-0.15, -0.1) is 0 Å². The molecule has 132 valence electrons. The second-order valence-electron chi connectivity index (χ2n) is 5.86. The molecule has 1 amide bonds. The van der Waals surface area contributed by atoms with E-state index in [1.165, 1.54) is 13.2 Å². The fraction of sp³-hybridized carbons (Fsp3) is 0.150. The molecule has 1 aromatic heterocycles. The molecule has 3 rings (SSSR count). The van der Waals surface area contributed by atoms with Gasteiger partial charge in [0.05, 0.1) is 24.7 Å². The Hall–Kier alpha value is -3.41. The number of esters is 1. The third-order valence-electron chi connectivity index (χ3n) is 4.20. The van der Waals surface area contributed by atoms with Crippen LogP contribution >= 0.6 is 0 Å². The minimum absolute atomic E-state index is 0.293. The monoisotopic (exact) mass is 349 g/mol. The molecule has 0 radical (unpaired) electrons. The van der Waals surface area contributed by atoms with E-state index in [0.717, 1.165) is 17.1 Å². The van der Waals surface area contributed by atoms with Gasteiger partial charge in [-0.25, -0.2) is 9.78 Å². The number of imidazole rings is 1. The number of aromatic nitrogens is 2. The Bertz CT molecular complexity index is 959. The summed E-state index contributed by atoms with van der Waals surface area (Å²) >= 11 is 0. The lowest BCUT2D eigenvalue weighted by molar-refractivity contribution is 0.0600. The largest absolute Gasteiger partial charge is 0.465 e. The molecule has 0 fully saturated rings. The Morgan fingerprint density at radius 2 is 1.73 bits per heavy atom. The number of hydrogen-bond acceptors (Lipinski definition) is 4. The van der Waals surface area contributed by atoms with Gasteiger partial charge in [-0.2, -0.15) is 0 Å². The van der Waals surface area contributed by atoms with Gasteiger partial charge in [0.15, 0.2) is 0 Å². The number of anilines is 1. The van der Waals surface area contributed by atoms with Crippen molar-refractivity contribution in [1.29, 1.82) is 0 Å². The fourth-order valence-electron chi connectivity index (χ4n) is 2.57. The van der Waals surface area contributed by atoms with Crippen LogP contribution in [-0.4, -0.2) is 28.5 Å². The van der Waals surface area contributed by atoms with Gasteiger partial charge in [-0.3, -0.25) is 4.79 Å². The average molecular weight is 349 g/mol. The van der Waals surface area contributed by atoms with Crippen molar-refractivity contribution in [2.45, 2.75) is 13.8 Å². The number of carbonyl (C=O) groups is 2. The lowest BCUT2D eigenvalue weighted by Crippen LogP contribution is -2.13. The van der Waals surface area contributed by atoms with Gasteiger partial charge in [0.1, 0.15) is 0 Å². The quantitative estimate of drug-likeness (QED) is 0.731. The molecule has 1 N–H and O–H groups in total. The Kier molecular flexibility index (Phi) is 4.84. The van der Waals surface area contributed by atoms with E-state index in [0.29, 0.717) is 16.8 Å². The number of nitrogens with one attached hydrogen (secondary N) is 1. The van der Waals surface area contributed by atoms with Crippen LogP contribution in [-0.2, 0) is 4.74 Å². The van der Waals surface area contributed by atoms with Crippen LogP contribution < -0.4 is 5.32 Å². The molecule has 0 spiro atoms. The fourth-order valence-corrected chi connectivity index (χ4v) is 2.57. The van der Waals surface area contributed by atoms with Gasteiger partial charge in [0, 0.05) is 22.6 Å². The van der Waals surface area contributed by atoms with E-state index in [4.69, 9.17) is 0 Å². The zero-order valence-electron chi connectivity index (χ0n) is 14.8. The summed E-state index contributed by atoms with van der Waals surface area (Å²) < 4.78 is 6.66. The molecule has 6 nitrogen and oxygen atoms in total. The summed E-state index contributed by atoms with van der Waals surface area (Å²) in [5.41, 5.74) is 4.40. The normalized spacial score (nSPS) is 10.4. The molecule has 0 atom stereocenters. The second kappa shape index (κ2) is 7.23. The Labute approximate surface area is 151 Å². The van der Waals surface area contributed by atoms with Crippen molar-refractivity contribution in [3.05, 3.63) is 77.4 Å². The number of carbonyl (C=O) groups excluding carboxylic acids is 2. The first-order chi connectivity index (χ1) is 12.5. The van der Waals surface area contributed by atoms with Crippen molar-refractivity contribution in [2.75, 3.05) is 12.4 Å². The number of aryl methyl sites for hydroxylation is 1. The van der Waals surface area contributed by atoms with Crippen LogP contribution in [0.15, 0.2) is 54.9 Å². The Morgan fingerprint density at radius 3 is 2.35 bits per heavy atom. The molecule has 3 aromatic rings. The molecule has 0 aliphatic carbocycles. The first-order valence-electron chi connectivity index (χ1n) is 8.10. The maximum Gasteiger partial charge on any atom is 0.337 e. The predicted octanol–water partition coefficient (Wildman–Crippen LogP) is 3.53. The van der Waals surface area contributed by atoms with E-state index in [-0.39, 0.29) is 5.91 Å². The first-order valence-corrected chi connectivity index (χ1v) is 8.10. The summed E-state index contributed by atoms with van der Waals surface area (Å²) in [7, 11) is 1.31.